The topological polar surface area (TPSA) is 38.5 Å². The third kappa shape index (κ3) is 4.42. The highest BCUT2D eigenvalue weighted by Crippen LogP contribution is 2.26. The first-order chi connectivity index (χ1) is 10.1. The van der Waals surface area contributed by atoms with Crippen molar-refractivity contribution in [3.8, 4) is 5.75 Å². The average molecular weight is 284 g/mol. The van der Waals surface area contributed by atoms with E-state index in [9.17, 15) is 0 Å². The van der Waals surface area contributed by atoms with Gasteiger partial charge in [-0.2, -0.15) is 0 Å². The van der Waals surface area contributed by atoms with Crippen LogP contribution in [0.4, 0.5) is 11.4 Å². The Bertz CT molecular complexity index is 596. The summed E-state index contributed by atoms with van der Waals surface area (Å²) in [6.45, 7) is 5.76. The fraction of sp³-hybridized carbons (Fsp3) is 0.333. The van der Waals surface area contributed by atoms with Crippen molar-refractivity contribution in [1.29, 1.82) is 0 Å². The normalized spacial score (nSPS) is 10.4. The number of rotatable bonds is 6. The second kappa shape index (κ2) is 7.02. The van der Waals surface area contributed by atoms with E-state index in [0.717, 1.165) is 30.1 Å². The molecule has 0 bridgehead atoms. The summed E-state index contributed by atoms with van der Waals surface area (Å²) in [6, 6.07) is 14.5. The first-order valence-corrected chi connectivity index (χ1v) is 7.38. The minimum Gasteiger partial charge on any atom is -0.493 e. The van der Waals surface area contributed by atoms with Crippen molar-refractivity contribution in [2.45, 2.75) is 26.8 Å². The van der Waals surface area contributed by atoms with Crippen LogP contribution in [0.5, 0.6) is 5.75 Å². The van der Waals surface area contributed by atoms with Crippen LogP contribution in [0, 0.1) is 6.92 Å². The third-order valence-corrected chi connectivity index (χ3v) is 3.33. The molecule has 0 aliphatic carbocycles. The Hall–Kier alpha value is -2.16. The molecule has 3 heteroatoms. The highest BCUT2D eigenvalue weighted by atomic mass is 16.5. The predicted molar refractivity (Wildman–Crippen MR) is 89.9 cm³/mol. The van der Waals surface area contributed by atoms with Crippen molar-refractivity contribution in [2.75, 3.05) is 24.3 Å². The average Bonchev–Trinajstić information content (AvgIpc) is 2.44. The van der Waals surface area contributed by atoms with Gasteiger partial charge in [-0.3, -0.25) is 0 Å². The molecule has 0 saturated heterocycles. The number of anilines is 2. The van der Waals surface area contributed by atoms with Crippen molar-refractivity contribution in [3.05, 3.63) is 53.6 Å². The molecule has 0 spiro atoms. The fourth-order valence-corrected chi connectivity index (χ4v) is 2.31. The van der Waals surface area contributed by atoms with Gasteiger partial charge in [-0.15, -0.1) is 0 Å². The molecule has 2 rings (SSSR count). The first kappa shape index (κ1) is 15.2. The summed E-state index contributed by atoms with van der Waals surface area (Å²) in [7, 11) is 2.07. The zero-order valence-electron chi connectivity index (χ0n) is 13.1. The lowest BCUT2D eigenvalue weighted by Gasteiger charge is -2.21. The van der Waals surface area contributed by atoms with Crippen LogP contribution >= 0.6 is 0 Å². The molecule has 21 heavy (non-hydrogen) atoms. The number of nitrogens with zero attached hydrogens (tertiary/aromatic N) is 1. The van der Waals surface area contributed by atoms with Crippen LogP contribution in [-0.2, 0) is 6.54 Å². The van der Waals surface area contributed by atoms with Crippen LogP contribution in [0.1, 0.15) is 24.5 Å². The summed E-state index contributed by atoms with van der Waals surface area (Å²) in [5.41, 5.74) is 10.3. The molecule has 0 aliphatic rings. The molecule has 0 saturated carbocycles. The summed E-state index contributed by atoms with van der Waals surface area (Å²) in [6.07, 6.45) is 0.989. The summed E-state index contributed by atoms with van der Waals surface area (Å²) in [5.74, 6) is 0.836. The lowest BCUT2D eigenvalue weighted by molar-refractivity contribution is 0.317. The summed E-state index contributed by atoms with van der Waals surface area (Å²) >= 11 is 0. The fourth-order valence-electron chi connectivity index (χ4n) is 2.31. The Kier molecular flexibility index (Phi) is 5.09. The first-order valence-electron chi connectivity index (χ1n) is 7.38. The van der Waals surface area contributed by atoms with Crippen molar-refractivity contribution < 1.29 is 4.74 Å². The van der Waals surface area contributed by atoms with Crippen LogP contribution in [0.3, 0.4) is 0 Å². The highest BCUT2D eigenvalue weighted by Gasteiger charge is 2.06. The lowest BCUT2D eigenvalue weighted by Crippen LogP contribution is -2.16. The van der Waals surface area contributed by atoms with Gasteiger partial charge < -0.3 is 15.4 Å². The van der Waals surface area contributed by atoms with Gasteiger partial charge in [0.15, 0.2) is 0 Å². The summed E-state index contributed by atoms with van der Waals surface area (Å²) in [4.78, 5) is 2.18. The van der Waals surface area contributed by atoms with E-state index >= 15 is 0 Å². The van der Waals surface area contributed by atoms with E-state index in [1.807, 2.05) is 18.2 Å². The number of hydrogen-bond donors (Lipinski definition) is 1. The van der Waals surface area contributed by atoms with Crippen LogP contribution in [-0.4, -0.2) is 13.7 Å². The van der Waals surface area contributed by atoms with E-state index in [0.29, 0.717) is 6.61 Å². The van der Waals surface area contributed by atoms with Gasteiger partial charge in [0.05, 0.1) is 6.61 Å². The van der Waals surface area contributed by atoms with Crippen molar-refractivity contribution >= 4 is 11.4 Å². The molecule has 3 nitrogen and oxygen atoms in total. The minimum absolute atomic E-state index is 0.713. The zero-order chi connectivity index (χ0) is 15.2. The molecule has 0 aliphatic heterocycles. The second-order valence-electron chi connectivity index (χ2n) is 5.45. The van der Waals surface area contributed by atoms with Gasteiger partial charge in [0.1, 0.15) is 5.75 Å². The van der Waals surface area contributed by atoms with Crippen molar-refractivity contribution in [2.24, 2.45) is 0 Å². The zero-order valence-corrected chi connectivity index (χ0v) is 13.1. The molecular formula is C18H24N2O. The molecule has 112 valence electrons. The molecule has 0 unspecified atom stereocenters. The van der Waals surface area contributed by atoms with Crippen LogP contribution in [0.25, 0.3) is 0 Å². The molecule has 0 fully saturated rings. The van der Waals surface area contributed by atoms with Crippen LogP contribution in [0.2, 0.25) is 0 Å². The molecule has 0 aromatic heterocycles. The third-order valence-electron chi connectivity index (χ3n) is 3.33. The Morgan fingerprint density at radius 1 is 1.14 bits per heavy atom. The molecule has 0 heterocycles. The second-order valence-corrected chi connectivity index (χ2v) is 5.45. The quantitative estimate of drug-likeness (QED) is 0.815. The molecule has 2 aromatic carbocycles. The molecule has 2 N–H and O–H groups in total. The van der Waals surface area contributed by atoms with E-state index in [1.165, 1.54) is 11.1 Å². The van der Waals surface area contributed by atoms with Gasteiger partial charge in [0, 0.05) is 37.1 Å². The molecular weight excluding hydrogens is 260 g/mol. The van der Waals surface area contributed by atoms with Gasteiger partial charge in [-0.25, -0.2) is 0 Å². The van der Waals surface area contributed by atoms with Gasteiger partial charge in [-0.1, -0.05) is 36.8 Å². The van der Waals surface area contributed by atoms with Crippen molar-refractivity contribution in [3.63, 3.8) is 0 Å². The number of benzene rings is 2. The van der Waals surface area contributed by atoms with E-state index < -0.39 is 0 Å². The van der Waals surface area contributed by atoms with Crippen LogP contribution < -0.4 is 15.4 Å². The maximum Gasteiger partial charge on any atom is 0.123 e. The molecule has 2 aromatic rings. The standard InChI is InChI=1S/C18H24N2O/c1-4-8-21-18-11-16(19)10-17(12-18)20(3)13-15-7-5-6-14(2)9-15/h5-7,9-12H,4,8,13,19H2,1-3H3. The summed E-state index contributed by atoms with van der Waals surface area (Å²) in [5, 5.41) is 0. The van der Waals surface area contributed by atoms with E-state index in [1.54, 1.807) is 0 Å². The number of hydrogen-bond acceptors (Lipinski definition) is 3. The highest BCUT2D eigenvalue weighted by molar-refractivity contribution is 5.60. The Morgan fingerprint density at radius 2 is 1.95 bits per heavy atom. The maximum absolute atomic E-state index is 5.98. The number of ether oxygens (including phenoxy) is 1. The predicted octanol–water partition coefficient (Wildman–Crippen LogP) is 4.00. The number of aryl methyl sites for hydroxylation is 1. The van der Waals surface area contributed by atoms with Crippen molar-refractivity contribution in [1.82, 2.24) is 0 Å². The number of nitrogen functional groups attached to an aromatic ring is 1. The van der Waals surface area contributed by atoms with E-state index in [4.69, 9.17) is 10.5 Å². The van der Waals surface area contributed by atoms with E-state index in [-0.39, 0.29) is 0 Å². The van der Waals surface area contributed by atoms with Gasteiger partial charge in [-0.05, 0) is 25.0 Å². The Morgan fingerprint density at radius 3 is 2.67 bits per heavy atom. The van der Waals surface area contributed by atoms with Gasteiger partial charge >= 0.3 is 0 Å². The molecule has 0 atom stereocenters. The smallest absolute Gasteiger partial charge is 0.123 e. The largest absolute Gasteiger partial charge is 0.493 e. The molecule has 0 radical (unpaired) electrons. The van der Waals surface area contributed by atoms with Gasteiger partial charge in [0.2, 0.25) is 0 Å². The van der Waals surface area contributed by atoms with E-state index in [2.05, 4.69) is 50.1 Å². The lowest BCUT2D eigenvalue weighted by atomic mass is 10.1. The Balaban J connectivity index is 2.14. The summed E-state index contributed by atoms with van der Waals surface area (Å²) < 4.78 is 5.69. The van der Waals surface area contributed by atoms with Gasteiger partial charge in [0.25, 0.3) is 0 Å². The number of nitrogens with two attached hydrogens (primary N) is 1. The molecule has 0 amide bonds. The van der Waals surface area contributed by atoms with Crippen LogP contribution in [0.15, 0.2) is 42.5 Å². The SMILES string of the molecule is CCCOc1cc(N)cc(N(C)Cc2cccc(C)c2)c1. The Labute approximate surface area is 127 Å². The maximum atomic E-state index is 5.98. The monoisotopic (exact) mass is 284 g/mol. The minimum atomic E-state index is 0.713.